The minimum atomic E-state index is -0.603. The molecule has 2 rings (SSSR count). The Morgan fingerprint density at radius 1 is 1.29 bits per heavy atom. The highest BCUT2D eigenvalue weighted by molar-refractivity contribution is 5.67. The molecule has 7 nitrogen and oxygen atoms in total. The SMILES string of the molecule is CN(c1cccc(C#N)c1)c1ncc([N+](=O)[O-])cc1C#N. The molecule has 21 heavy (non-hydrogen) atoms. The lowest BCUT2D eigenvalue weighted by Gasteiger charge is -2.19. The van der Waals surface area contributed by atoms with Crippen LogP contribution in [-0.4, -0.2) is 17.0 Å². The quantitative estimate of drug-likeness (QED) is 0.631. The van der Waals surface area contributed by atoms with Crippen molar-refractivity contribution in [3.63, 3.8) is 0 Å². The Balaban J connectivity index is 2.48. The van der Waals surface area contributed by atoms with Gasteiger partial charge in [0.25, 0.3) is 5.69 Å². The Labute approximate surface area is 120 Å². The molecule has 2 aromatic rings. The summed E-state index contributed by atoms with van der Waals surface area (Å²) in [7, 11) is 1.67. The summed E-state index contributed by atoms with van der Waals surface area (Å²) in [5.74, 6) is 0.290. The molecule has 0 saturated carbocycles. The minimum absolute atomic E-state index is 0.0917. The summed E-state index contributed by atoms with van der Waals surface area (Å²) in [6, 6.07) is 11.9. The second kappa shape index (κ2) is 5.68. The normalized spacial score (nSPS) is 9.48. The van der Waals surface area contributed by atoms with E-state index in [1.54, 1.807) is 36.2 Å². The van der Waals surface area contributed by atoms with Crippen LogP contribution in [0.15, 0.2) is 36.5 Å². The zero-order chi connectivity index (χ0) is 15.4. The Kier molecular flexibility index (Phi) is 3.78. The fourth-order valence-electron chi connectivity index (χ4n) is 1.80. The van der Waals surface area contributed by atoms with Crippen molar-refractivity contribution in [2.45, 2.75) is 0 Å². The molecular formula is C14H9N5O2. The summed E-state index contributed by atoms with van der Waals surface area (Å²) >= 11 is 0. The Hall–Kier alpha value is -3.45. The van der Waals surface area contributed by atoms with Crippen molar-refractivity contribution in [3.8, 4) is 12.1 Å². The third kappa shape index (κ3) is 2.77. The first-order chi connectivity index (χ1) is 10.1. The first kappa shape index (κ1) is 14.0. The topological polar surface area (TPSA) is 107 Å². The van der Waals surface area contributed by atoms with Crippen LogP contribution in [-0.2, 0) is 0 Å². The van der Waals surface area contributed by atoms with Gasteiger partial charge in [0.05, 0.1) is 16.6 Å². The fraction of sp³-hybridized carbons (Fsp3) is 0.0714. The number of aromatic nitrogens is 1. The van der Waals surface area contributed by atoms with Crippen molar-refractivity contribution in [2.75, 3.05) is 11.9 Å². The van der Waals surface area contributed by atoms with Gasteiger partial charge in [-0.3, -0.25) is 10.1 Å². The lowest BCUT2D eigenvalue weighted by atomic mass is 10.2. The smallest absolute Gasteiger partial charge is 0.289 e. The molecule has 0 aliphatic carbocycles. The minimum Gasteiger partial charge on any atom is -0.328 e. The summed E-state index contributed by atoms with van der Waals surface area (Å²) in [6.45, 7) is 0. The largest absolute Gasteiger partial charge is 0.328 e. The highest BCUT2D eigenvalue weighted by Gasteiger charge is 2.16. The van der Waals surface area contributed by atoms with Crippen LogP contribution in [0, 0.1) is 32.8 Å². The maximum Gasteiger partial charge on any atom is 0.289 e. The molecule has 0 amide bonds. The van der Waals surface area contributed by atoms with Crippen LogP contribution in [0.1, 0.15) is 11.1 Å². The van der Waals surface area contributed by atoms with Gasteiger partial charge in [0.2, 0.25) is 0 Å². The van der Waals surface area contributed by atoms with Gasteiger partial charge in [-0.1, -0.05) is 6.07 Å². The zero-order valence-electron chi connectivity index (χ0n) is 11.0. The van der Waals surface area contributed by atoms with Gasteiger partial charge in [0.1, 0.15) is 17.8 Å². The highest BCUT2D eigenvalue weighted by Crippen LogP contribution is 2.27. The summed E-state index contributed by atoms with van der Waals surface area (Å²) in [4.78, 5) is 15.7. The van der Waals surface area contributed by atoms with Crippen LogP contribution in [0.3, 0.4) is 0 Å². The van der Waals surface area contributed by atoms with Crippen molar-refractivity contribution in [1.82, 2.24) is 4.98 Å². The maximum atomic E-state index is 10.7. The second-order valence-electron chi connectivity index (χ2n) is 4.15. The van der Waals surface area contributed by atoms with E-state index in [4.69, 9.17) is 10.5 Å². The number of hydrogen-bond acceptors (Lipinski definition) is 6. The molecule has 1 heterocycles. The van der Waals surface area contributed by atoms with E-state index in [0.717, 1.165) is 6.20 Å². The molecule has 1 aromatic heterocycles. The van der Waals surface area contributed by atoms with E-state index in [0.29, 0.717) is 11.3 Å². The third-order valence-electron chi connectivity index (χ3n) is 2.86. The molecule has 0 atom stereocenters. The number of anilines is 2. The lowest BCUT2D eigenvalue weighted by molar-refractivity contribution is -0.385. The number of nitriles is 2. The summed E-state index contributed by atoms with van der Waals surface area (Å²) < 4.78 is 0. The van der Waals surface area contributed by atoms with E-state index in [9.17, 15) is 10.1 Å². The van der Waals surface area contributed by atoms with E-state index >= 15 is 0 Å². The number of nitrogens with zero attached hydrogens (tertiary/aromatic N) is 5. The van der Waals surface area contributed by atoms with Gasteiger partial charge in [-0.25, -0.2) is 4.98 Å². The molecule has 0 fully saturated rings. The number of nitro groups is 1. The van der Waals surface area contributed by atoms with E-state index in [-0.39, 0.29) is 17.1 Å². The molecule has 0 unspecified atom stereocenters. The van der Waals surface area contributed by atoms with Crippen molar-refractivity contribution < 1.29 is 4.92 Å². The van der Waals surface area contributed by atoms with Gasteiger partial charge in [-0.15, -0.1) is 0 Å². The standard InChI is InChI=1S/C14H9N5O2/c1-18(12-4-2-3-10(5-12)7-15)14-11(8-16)6-13(9-17-14)19(20)21/h2-6,9H,1H3. The average Bonchev–Trinajstić information content (AvgIpc) is 2.53. The monoisotopic (exact) mass is 279 g/mol. The van der Waals surface area contributed by atoms with Gasteiger partial charge < -0.3 is 4.90 Å². The van der Waals surface area contributed by atoms with Crippen LogP contribution in [0.25, 0.3) is 0 Å². The van der Waals surface area contributed by atoms with Crippen LogP contribution in [0.4, 0.5) is 17.2 Å². The number of rotatable bonds is 3. The van der Waals surface area contributed by atoms with E-state index in [1.165, 1.54) is 6.07 Å². The van der Waals surface area contributed by atoms with E-state index in [2.05, 4.69) is 4.98 Å². The fourth-order valence-corrected chi connectivity index (χ4v) is 1.80. The molecule has 0 aliphatic rings. The van der Waals surface area contributed by atoms with Gasteiger partial charge in [0, 0.05) is 18.8 Å². The molecule has 0 spiro atoms. The lowest BCUT2D eigenvalue weighted by Crippen LogP contribution is -2.13. The van der Waals surface area contributed by atoms with Crippen LogP contribution in [0.2, 0.25) is 0 Å². The summed E-state index contributed by atoms with van der Waals surface area (Å²) in [5, 5.41) is 28.7. The number of benzene rings is 1. The van der Waals surface area contributed by atoms with Crippen LogP contribution >= 0.6 is 0 Å². The van der Waals surface area contributed by atoms with Crippen molar-refractivity contribution >= 4 is 17.2 Å². The molecule has 0 N–H and O–H groups in total. The van der Waals surface area contributed by atoms with E-state index < -0.39 is 4.92 Å². The summed E-state index contributed by atoms with van der Waals surface area (Å²) in [5.41, 5.74) is 0.982. The molecule has 1 aromatic carbocycles. The predicted octanol–water partition coefficient (Wildman–Crippen LogP) is 2.50. The van der Waals surface area contributed by atoms with Crippen LogP contribution in [0.5, 0.6) is 0 Å². The zero-order valence-corrected chi connectivity index (χ0v) is 11.0. The molecule has 0 aliphatic heterocycles. The second-order valence-corrected chi connectivity index (χ2v) is 4.15. The number of hydrogen-bond donors (Lipinski definition) is 0. The van der Waals surface area contributed by atoms with Crippen molar-refractivity contribution in [1.29, 1.82) is 10.5 Å². The Morgan fingerprint density at radius 3 is 2.67 bits per heavy atom. The molecule has 0 saturated heterocycles. The highest BCUT2D eigenvalue weighted by atomic mass is 16.6. The Bertz CT molecular complexity index is 789. The van der Waals surface area contributed by atoms with Gasteiger partial charge in [0.15, 0.2) is 5.82 Å². The first-order valence-corrected chi connectivity index (χ1v) is 5.85. The van der Waals surface area contributed by atoms with E-state index in [1.807, 2.05) is 12.1 Å². The van der Waals surface area contributed by atoms with Gasteiger partial charge >= 0.3 is 0 Å². The van der Waals surface area contributed by atoms with Gasteiger partial charge in [-0.2, -0.15) is 10.5 Å². The molecular weight excluding hydrogens is 270 g/mol. The Morgan fingerprint density at radius 2 is 2.05 bits per heavy atom. The third-order valence-corrected chi connectivity index (χ3v) is 2.86. The molecule has 102 valence electrons. The summed E-state index contributed by atoms with van der Waals surface area (Å²) in [6.07, 6.45) is 1.10. The van der Waals surface area contributed by atoms with Gasteiger partial charge in [-0.05, 0) is 18.2 Å². The first-order valence-electron chi connectivity index (χ1n) is 5.85. The molecule has 0 radical (unpaired) electrons. The predicted molar refractivity (Wildman–Crippen MR) is 74.8 cm³/mol. The van der Waals surface area contributed by atoms with Crippen LogP contribution < -0.4 is 4.90 Å². The number of pyridine rings is 1. The molecule has 7 heteroatoms. The van der Waals surface area contributed by atoms with Crippen molar-refractivity contribution in [3.05, 3.63) is 57.8 Å². The maximum absolute atomic E-state index is 10.7. The molecule has 0 bridgehead atoms. The van der Waals surface area contributed by atoms with Crippen molar-refractivity contribution in [2.24, 2.45) is 0 Å². The average molecular weight is 279 g/mol.